The summed E-state index contributed by atoms with van der Waals surface area (Å²) in [4.78, 5) is 17.2. The molecule has 4 heteroatoms. The van der Waals surface area contributed by atoms with Crippen molar-refractivity contribution in [2.24, 2.45) is 11.3 Å². The minimum atomic E-state index is -0.892. The maximum Gasteiger partial charge on any atom is 0.336 e. The van der Waals surface area contributed by atoms with Crippen molar-refractivity contribution in [3.8, 4) is 0 Å². The average Bonchev–Trinajstić information content (AvgIpc) is 2.65. The Morgan fingerprint density at radius 2 is 1.90 bits per heavy atom. The first kappa shape index (κ1) is 19.7. The molecule has 148 valence electrons. The van der Waals surface area contributed by atoms with Gasteiger partial charge >= 0.3 is 5.97 Å². The third kappa shape index (κ3) is 3.79. The quantitative estimate of drug-likeness (QED) is 0.513. The van der Waals surface area contributed by atoms with Crippen molar-refractivity contribution in [1.29, 1.82) is 0 Å². The molecule has 0 bridgehead atoms. The standard InChI is InChI=1S/C25H24ClNO2/c1-25(2,3)17-13-16(11-15-7-6-8-18(26)12-15)23-20(14-17)22(24(28)29)19-9-4-5-10-21(19)27-23/h4-12,17H,13-14H2,1-3H3,(H,28,29)/b16-11+/t17-/m1/s1. The van der Waals surface area contributed by atoms with Crippen molar-refractivity contribution < 1.29 is 9.90 Å². The molecule has 0 unspecified atom stereocenters. The van der Waals surface area contributed by atoms with Crippen molar-refractivity contribution in [2.75, 3.05) is 0 Å². The molecule has 0 saturated heterocycles. The van der Waals surface area contributed by atoms with Crippen LogP contribution in [0.2, 0.25) is 5.02 Å². The molecule has 4 rings (SSSR count). The third-order valence-corrected chi connectivity index (χ3v) is 6.08. The number of allylic oxidation sites excluding steroid dienone is 1. The number of rotatable bonds is 2. The van der Waals surface area contributed by atoms with Gasteiger partial charge in [-0.3, -0.25) is 0 Å². The first-order valence-corrected chi connectivity index (χ1v) is 10.2. The topological polar surface area (TPSA) is 50.2 Å². The molecule has 3 aromatic rings. The predicted octanol–water partition coefficient (Wildman–Crippen LogP) is 6.74. The maximum atomic E-state index is 12.3. The van der Waals surface area contributed by atoms with Gasteiger partial charge in [0.15, 0.2) is 0 Å². The van der Waals surface area contributed by atoms with Crippen LogP contribution in [0.4, 0.5) is 0 Å². The number of aromatic nitrogens is 1. The Kier molecular flexibility index (Phi) is 4.95. The van der Waals surface area contributed by atoms with Gasteiger partial charge in [-0.15, -0.1) is 0 Å². The minimum Gasteiger partial charge on any atom is -0.478 e. The lowest BCUT2D eigenvalue weighted by atomic mass is 9.69. The summed E-state index contributed by atoms with van der Waals surface area (Å²) in [6, 6.07) is 15.2. The van der Waals surface area contributed by atoms with E-state index >= 15 is 0 Å². The molecule has 1 N–H and O–H groups in total. The first-order valence-electron chi connectivity index (χ1n) is 9.85. The fraction of sp³-hybridized carbons (Fsp3) is 0.280. The molecule has 0 amide bonds. The fourth-order valence-corrected chi connectivity index (χ4v) is 4.38. The highest BCUT2D eigenvalue weighted by atomic mass is 35.5. The molecular formula is C25H24ClNO2. The smallest absolute Gasteiger partial charge is 0.336 e. The Morgan fingerprint density at radius 1 is 1.14 bits per heavy atom. The predicted molar refractivity (Wildman–Crippen MR) is 119 cm³/mol. The largest absolute Gasteiger partial charge is 0.478 e. The Hall–Kier alpha value is -2.65. The highest BCUT2D eigenvalue weighted by Gasteiger charge is 2.35. The lowest BCUT2D eigenvalue weighted by molar-refractivity contribution is 0.0696. The van der Waals surface area contributed by atoms with E-state index in [-0.39, 0.29) is 5.41 Å². The van der Waals surface area contributed by atoms with Crippen molar-refractivity contribution in [2.45, 2.75) is 33.6 Å². The molecule has 1 atom stereocenters. The number of halogens is 1. The van der Waals surface area contributed by atoms with Crippen LogP contribution in [0.15, 0.2) is 48.5 Å². The van der Waals surface area contributed by atoms with Gasteiger partial charge in [-0.2, -0.15) is 0 Å². The van der Waals surface area contributed by atoms with Crippen molar-refractivity contribution in [3.63, 3.8) is 0 Å². The summed E-state index contributed by atoms with van der Waals surface area (Å²) in [5.41, 5.74) is 4.87. The third-order valence-electron chi connectivity index (χ3n) is 5.84. The monoisotopic (exact) mass is 405 g/mol. The molecule has 1 aliphatic rings. The van der Waals surface area contributed by atoms with Crippen LogP contribution in [0.5, 0.6) is 0 Å². The molecular weight excluding hydrogens is 382 g/mol. The van der Waals surface area contributed by atoms with E-state index in [2.05, 4.69) is 26.8 Å². The number of hydrogen-bond donors (Lipinski definition) is 1. The van der Waals surface area contributed by atoms with E-state index in [4.69, 9.17) is 16.6 Å². The number of pyridine rings is 1. The van der Waals surface area contributed by atoms with Crippen LogP contribution in [0.25, 0.3) is 22.6 Å². The van der Waals surface area contributed by atoms with Crippen LogP contribution in [-0.2, 0) is 6.42 Å². The van der Waals surface area contributed by atoms with Crippen LogP contribution in [0.3, 0.4) is 0 Å². The summed E-state index contributed by atoms with van der Waals surface area (Å²) in [6.07, 6.45) is 3.68. The second-order valence-electron chi connectivity index (χ2n) is 8.83. The molecule has 2 aromatic carbocycles. The van der Waals surface area contributed by atoms with E-state index in [1.165, 1.54) is 0 Å². The van der Waals surface area contributed by atoms with Gasteiger partial charge in [-0.25, -0.2) is 9.78 Å². The number of carbonyl (C=O) groups is 1. The molecule has 1 aliphatic carbocycles. The van der Waals surface area contributed by atoms with Gasteiger partial charge < -0.3 is 5.11 Å². The van der Waals surface area contributed by atoms with Gasteiger partial charge in [0.2, 0.25) is 0 Å². The van der Waals surface area contributed by atoms with E-state index in [9.17, 15) is 9.90 Å². The SMILES string of the molecule is CC(C)(C)[C@@H]1C/C(=C\c2cccc(Cl)c2)c2nc3ccccc3c(C(=O)O)c2C1. The Morgan fingerprint density at radius 3 is 2.59 bits per heavy atom. The van der Waals surface area contributed by atoms with Crippen LogP contribution >= 0.6 is 11.6 Å². The highest BCUT2D eigenvalue weighted by molar-refractivity contribution is 6.30. The van der Waals surface area contributed by atoms with Crippen LogP contribution in [-0.4, -0.2) is 16.1 Å². The zero-order valence-corrected chi connectivity index (χ0v) is 17.6. The zero-order valence-electron chi connectivity index (χ0n) is 16.9. The molecule has 0 spiro atoms. The van der Waals surface area contributed by atoms with E-state index in [1.54, 1.807) is 0 Å². The second-order valence-corrected chi connectivity index (χ2v) is 9.27. The number of benzene rings is 2. The highest BCUT2D eigenvalue weighted by Crippen LogP contribution is 2.44. The zero-order chi connectivity index (χ0) is 20.8. The molecule has 29 heavy (non-hydrogen) atoms. The number of para-hydroxylation sites is 1. The van der Waals surface area contributed by atoms with Gasteiger partial charge in [-0.1, -0.05) is 62.7 Å². The van der Waals surface area contributed by atoms with Crippen molar-refractivity contribution in [1.82, 2.24) is 4.98 Å². The number of aromatic carboxylic acids is 1. The average molecular weight is 406 g/mol. The van der Waals surface area contributed by atoms with E-state index in [1.807, 2.05) is 48.5 Å². The van der Waals surface area contributed by atoms with E-state index in [0.29, 0.717) is 28.3 Å². The summed E-state index contributed by atoms with van der Waals surface area (Å²) >= 11 is 6.19. The van der Waals surface area contributed by atoms with Gasteiger partial charge in [-0.05, 0) is 65.1 Å². The fourth-order valence-electron chi connectivity index (χ4n) is 4.18. The minimum absolute atomic E-state index is 0.0481. The molecule has 0 saturated carbocycles. The number of hydrogen-bond acceptors (Lipinski definition) is 2. The second kappa shape index (κ2) is 7.31. The van der Waals surface area contributed by atoms with Crippen LogP contribution < -0.4 is 0 Å². The van der Waals surface area contributed by atoms with Gasteiger partial charge in [0, 0.05) is 10.4 Å². The number of carboxylic acids is 1. The molecule has 1 heterocycles. The Balaban J connectivity index is 2.00. The number of nitrogens with zero attached hydrogens (tertiary/aromatic N) is 1. The van der Waals surface area contributed by atoms with Gasteiger partial charge in [0.05, 0.1) is 16.8 Å². The van der Waals surface area contributed by atoms with Crippen LogP contribution in [0, 0.1) is 11.3 Å². The Labute approximate surface area is 176 Å². The van der Waals surface area contributed by atoms with Gasteiger partial charge in [0.1, 0.15) is 0 Å². The van der Waals surface area contributed by atoms with E-state index < -0.39 is 5.97 Å². The summed E-state index contributed by atoms with van der Waals surface area (Å²) < 4.78 is 0. The number of fused-ring (bicyclic) bond motifs is 2. The normalized spacial score (nSPS) is 18.1. The first-order chi connectivity index (χ1) is 13.7. The van der Waals surface area contributed by atoms with Crippen molar-refractivity contribution >= 4 is 40.1 Å². The summed E-state index contributed by atoms with van der Waals surface area (Å²) in [5, 5.41) is 11.5. The summed E-state index contributed by atoms with van der Waals surface area (Å²) in [7, 11) is 0. The molecule has 0 aliphatic heterocycles. The maximum absolute atomic E-state index is 12.3. The van der Waals surface area contributed by atoms with Gasteiger partial charge in [0.25, 0.3) is 0 Å². The molecule has 3 nitrogen and oxygen atoms in total. The van der Waals surface area contributed by atoms with E-state index in [0.717, 1.165) is 34.3 Å². The summed E-state index contributed by atoms with van der Waals surface area (Å²) in [5.74, 6) is -0.571. The lowest BCUT2D eigenvalue weighted by Crippen LogP contribution is -2.28. The van der Waals surface area contributed by atoms with Crippen molar-refractivity contribution in [3.05, 3.63) is 75.9 Å². The van der Waals surface area contributed by atoms with Crippen LogP contribution in [0.1, 0.15) is 54.4 Å². The lowest BCUT2D eigenvalue weighted by Gasteiger charge is -2.36. The molecule has 1 aromatic heterocycles. The molecule has 0 radical (unpaired) electrons. The Bertz CT molecular complexity index is 1140. The summed E-state index contributed by atoms with van der Waals surface area (Å²) in [6.45, 7) is 6.65. The number of carboxylic acid groups (broad SMARTS) is 1. The molecule has 0 fully saturated rings.